The molecule has 0 saturated carbocycles. The van der Waals surface area contributed by atoms with E-state index in [0.717, 1.165) is 16.9 Å². The fraction of sp³-hybridized carbons (Fsp3) is 0.286. The summed E-state index contributed by atoms with van der Waals surface area (Å²) in [5.41, 5.74) is 2.18. The third-order valence-corrected chi connectivity index (χ3v) is 5.38. The largest absolute Gasteiger partial charge is 0.481 e. The van der Waals surface area contributed by atoms with E-state index >= 15 is 0 Å². The molecule has 1 aromatic heterocycles. The van der Waals surface area contributed by atoms with Gasteiger partial charge in [-0.2, -0.15) is 0 Å². The topological polar surface area (TPSA) is 62.2 Å². The predicted molar refractivity (Wildman–Crippen MR) is 85.3 cm³/mol. The van der Waals surface area contributed by atoms with E-state index in [1.54, 1.807) is 6.07 Å². The molecule has 0 amide bonds. The summed E-state index contributed by atoms with van der Waals surface area (Å²) in [5, 5.41) is 14.0. The first kappa shape index (κ1) is 14.6. The first-order chi connectivity index (χ1) is 9.97. The Hall–Kier alpha value is -1.30. The molecule has 4 nitrogen and oxygen atoms in total. The van der Waals surface area contributed by atoms with Gasteiger partial charge in [-0.1, -0.05) is 29.3 Å². The average molecular weight is 343 g/mol. The summed E-state index contributed by atoms with van der Waals surface area (Å²) in [4.78, 5) is 16.6. The number of hydrogen-bond donors (Lipinski definition) is 2. The molecule has 2 aromatic rings. The monoisotopic (exact) mass is 342 g/mol. The fourth-order valence-corrected chi connectivity index (χ4v) is 3.91. The summed E-state index contributed by atoms with van der Waals surface area (Å²) in [5.74, 6) is -1.33. The van der Waals surface area contributed by atoms with Crippen LogP contribution in [0.3, 0.4) is 0 Å². The molecule has 0 fully saturated rings. The maximum absolute atomic E-state index is 11.2. The molecule has 0 bridgehead atoms. The molecule has 0 saturated heterocycles. The van der Waals surface area contributed by atoms with Crippen LogP contribution in [0.15, 0.2) is 12.1 Å². The number of nitrogens with zero attached hydrogens (tertiary/aromatic N) is 1. The van der Waals surface area contributed by atoms with Crippen LogP contribution in [0.4, 0.5) is 10.8 Å². The van der Waals surface area contributed by atoms with Gasteiger partial charge in [0.25, 0.3) is 0 Å². The number of rotatable bonds is 3. The number of thiazole rings is 1. The number of aliphatic carboxylic acids is 1. The summed E-state index contributed by atoms with van der Waals surface area (Å²) in [6.45, 7) is 1.89. The van der Waals surface area contributed by atoms with Crippen LogP contribution < -0.4 is 5.32 Å². The standard InChI is InChI=1S/C14H12Cl2N2O2S/c1-6-2-4-8(15)12(10(6)16)18-14-17-11-7(13(19)20)3-5-9(11)21-14/h2,4,7H,3,5H2,1H3,(H,17,18)(H,19,20). The zero-order valence-electron chi connectivity index (χ0n) is 11.1. The van der Waals surface area contributed by atoms with E-state index in [1.165, 1.54) is 11.3 Å². The van der Waals surface area contributed by atoms with Gasteiger partial charge in [0.1, 0.15) is 5.92 Å². The lowest BCUT2D eigenvalue weighted by Gasteiger charge is -2.10. The number of nitrogens with one attached hydrogen (secondary N) is 1. The molecule has 2 N–H and O–H groups in total. The normalized spacial score (nSPS) is 16.8. The van der Waals surface area contributed by atoms with Crippen molar-refractivity contribution in [1.82, 2.24) is 4.98 Å². The Kier molecular flexibility index (Phi) is 3.82. The number of benzene rings is 1. The van der Waals surface area contributed by atoms with Crippen molar-refractivity contribution >= 4 is 51.3 Å². The number of aromatic nitrogens is 1. The van der Waals surface area contributed by atoms with E-state index in [9.17, 15) is 9.90 Å². The minimum atomic E-state index is -0.822. The maximum atomic E-state index is 11.2. The van der Waals surface area contributed by atoms with Gasteiger partial charge < -0.3 is 10.4 Å². The first-order valence-electron chi connectivity index (χ1n) is 6.41. The molecule has 1 aliphatic carbocycles. The zero-order chi connectivity index (χ0) is 15.1. The van der Waals surface area contributed by atoms with E-state index in [-0.39, 0.29) is 0 Å². The lowest BCUT2D eigenvalue weighted by molar-refractivity contribution is -0.138. The average Bonchev–Trinajstić information content (AvgIpc) is 2.98. The third-order valence-electron chi connectivity index (χ3n) is 3.53. The molecule has 3 rings (SSSR count). The number of fused-ring (bicyclic) bond motifs is 1. The van der Waals surface area contributed by atoms with Gasteiger partial charge in [0.15, 0.2) is 5.13 Å². The predicted octanol–water partition coefficient (Wildman–Crippen LogP) is 4.62. The Labute approximate surface area is 135 Å². The number of hydrogen-bond acceptors (Lipinski definition) is 4. The van der Waals surface area contributed by atoms with Gasteiger partial charge in [0.2, 0.25) is 0 Å². The Morgan fingerprint density at radius 3 is 2.95 bits per heavy atom. The number of anilines is 2. The lowest BCUT2D eigenvalue weighted by atomic mass is 10.1. The molecular formula is C14H12Cl2N2O2S. The van der Waals surface area contributed by atoms with Crippen LogP contribution >= 0.6 is 34.5 Å². The van der Waals surface area contributed by atoms with Crippen LogP contribution in [-0.2, 0) is 11.2 Å². The van der Waals surface area contributed by atoms with E-state index in [0.29, 0.717) is 33.0 Å². The van der Waals surface area contributed by atoms with Crippen molar-refractivity contribution in [3.8, 4) is 0 Å². The Balaban J connectivity index is 1.93. The molecule has 1 unspecified atom stereocenters. The van der Waals surface area contributed by atoms with Crippen LogP contribution in [0, 0.1) is 6.92 Å². The highest BCUT2D eigenvalue weighted by Gasteiger charge is 2.32. The van der Waals surface area contributed by atoms with Crippen molar-refractivity contribution in [1.29, 1.82) is 0 Å². The second-order valence-electron chi connectivity index (χ2n) is 4.94. The molecular weight excluding hydrogens is 331 g/mol. The molecule has 7 heteroatoms. The molecule has 1 aromatic carbocycles. The highest BCUT2D eigenvalue weighted by Crippen LogP contribution is 2.41. The minimum absolute atomic E-state index is 0.504. The Morgan fingerprint density at radius 1 is 1.48 bits per heavy atom. The van der Waals surface area contributed by atoms with E-state index in [1.807, 2.05) is 13.0 Å². The summed E-state index contributed by atoms with van der Waals surface area (Å²) in [6.07, 6.45) is 1.37. The van der Waals surface area contributed by atoms with Gasteiger partial charge in [0, 0.05) is 4.88 Å². The van der Waals surface area contributed by atoms with Crippen molar-refractivity contribution < 1.29 is 9.90 Å². The molecule has 1 aliphatic rings. The molecule has 0 aliphatic heterocycles. The van der Waals surface area contributed by atoms with E-state index in [2.05, 4.69) is 10.3 Å². The van der Waals surface area contributed by atoms with Crippen LogP contribution in [0.5, 0.6) is 0 Å². The number of aryl methyl sites for hydroxylation is 2. The minimum Gasteiger partial charge on any atom is -0.481 e. The summed E-state index contributed by atoms with van der Waals surface area (Å²) < 4.78 is 0. The number of carbonyl (C=O) groups is 1. The zero-order valence-corrected chi connectivity index (χ0v) is 13.4. The lowest BCUT2D eigenvalue weighted by Crippen LogP contribution is -2.08. The van der Waals surface area contributed by atoms with Crippen LogP contribution in [0.25, 0.3) is 0 Å². The quantitative estimate of drug-likeness (QED) is 0.854. The van der Waals surface area contributed by atoms with Gasteiger partial charge in [0.05, 0.1) is 21.4 Å². The number of carboxylic acid groups (broad SMARTS) is 1. The van der Waals surface area contributed by atoms with Gasteiger partial charge in [-0.15, -0.1) is 11.3 Å². The molecule has 0 spiro atoms. The summed E-state index contributed by atoms with van der Waals surface area (Å²) >= 11 is 13.9. The molecule has 0 radical (unpaired) electrons. The van der Waals surface area contributed by atoms with Gasteiger partial charge in [-0.25, -0.2) is 4.98 Å². The van der Waals surface area contributed by atoms with Crippen molar-refractivity contribution in [2.75, 3.05) is 5.32 Å². The molecule has 21 heavy (non-hydrogen) atoms. The van der Waals surface area contributed by atoms with E-state index < -0.39 is 11.9 Å². The van der Waals surface area contributed by atoms with Crippen molar-refractivity contribution in [2.45, 2.75) is 25.7 Å². The van der Waals surface area contributed by atoms with Gasteiger partial charge >= 0.3 is 5.97 Å². The van der Waals surface area contributed by atoms with Crippen molar-refractivity contribution in [2.24, 2.45) is 0 Å². The fourth-order valence-electron chi connectivity index (χ4n) is 2.40. The Bertz CT molecular complexity index is 730. The van der Waals surface area contributed by atoms with Gasteiger partial charge in [-0.05, 0) is 31.4 Å². The van der Waals surface area contributed by atoms with Crippen LogP contribution in [0.2, 0.25) is 10.0 Å². The Morgan fingerprint density at radius 2 is 2.24 bits per heavy atom. The summed E-state index contributed by atoms with van der Waals surface area (Å²) in [6, 6.07) is 3.62. The second-order valence-corrected chi connectivity index (χ2v) is 6.80. The smallest absolute Gasteiger partial charge is 0.312 e. The number of halogens is 2. The highest BCUT2D eigenvalue weighted by atomic mass is 35.5. The van der Waals surface area contributed by atoms with Crippen LogP contribution in [-0.4, -0.2) is 16.1 Å². The van der Waals surface area contributed by atoms with Crippen molar-refractivity contribution in [3.05, 3.63) is 38.3 Å². The van der Waals surface area contributed by atoms with E-state index in [4.69, 9.17) is 23.2 Å². The first-order valence-corrected chi connectivity index (χ1v) is 7.98. The second kappa shape index (κ2) is 5.48. The van der Waals surface area contributed by atoms with Gasteiger partial charge in [-0.3, -0.25) is 4.79 Å². The van der Waals surface area contributed by atoms with Crippen molar-refractivity contribution in [3.63, 3.8) is 0 Å². The molecule has 110 valence electrons. The highest BCUT2D eigenvalue weighted by molar-refractivity contribution is 7.15. The van der Waals surface area contributed by atoms with Crippen LogP contribution in [0.1, 0.15) is 28.5 Å². The molecule has 1 heterocycles. The molecule has 1 atom stereocenters. The SMILES string of the molecule is Cc1ccc(Cl)c(Nc2nc3c(s2)CCC3C(=O)O)c1Cl. The maximum Gasteiger partial charge on any atom is 0.312 e. The third kappa shape index (κ3) is 2.61. The summed E-state index contributed by atoms with van der Waals surface area (Å²) in [7, 11) is 0. The number of carboxylic acids is 1.